The molecule has 3 N–H and O–H groups in total. The topological polar surface area (TPSA) is 38.0 Å². The first kappa shape index (κ1) is 12.8. The summed E-state index contributed by atoms with van der Waals surface area (Å²) in [5.74, 6) is 0.157. The van der Waals surface area contributed by atoms with Crippen molar-refractivity contribution in [3.05, 3.63) is 34.1 Å². The average Bonchev–Trinajstić information content (AvgIpc) is 2.34. The predicted octanol–water partition coefficient (Wildman–Crippen LogP) is 2.79. The van der Waals surface area contributed by atoms with Crippen LogP contribution < -0.4 is 11.1 Å². The summed E-state index contributed by atoms with van der Waals surface area (Å²) in [4.78, 5) is 0. The molecule has 1 saturated heterocycles. The fraction of sp³-hybridized carbons (Fsp3) is 0.538. The molecule has 4 heteroatoms. The van der Waals surface area contributed by atoms with Gasteiger partial charge in [0.25, 0.3) is 0 Å². The summed E-state index contributed by atoms with van der Waals surface area (Å²) in [6.45, 7) is 3.66. The lowest BCUT2D eigenvalue weighted by molar-refractivity contribution is 0.321. The van der Waals surface area contributed by atoms with Crippen LogP contribution in [0.25, 0.3) is 0 Å². The first-order valence-corrected chi connectivity index (χ1v) is 6.39. The minimum absolute atomic E-state index is 0.167. The van der Waals surface area contributed by atoms with Crippen LogP contribution in [0, 0.1) is 18.7 Å². The Hall–Kier alpha value is -0.640. The Morgan fingerprint density at radius 1 is 1.41 bits per heavy atom. The van der Waals surface area contributed by atoms with Crippen molar-refractivity contribution in [2.75, 3.05) is 13.1 Å². The molecule has 0 aliphatic carbocycles. The lowest BCUT2D eigenvalue weighted by atomic mass is 9.86. The molecule has 1 aliphatic rings. The zero-order valence-electron chi connectivity index (χ0n) is 9.97. The first-order chi connectivity index (χ1) is 8.09. The molecule has 1 heterocycles. The zero-order valence-corrected chi connectivity index (χ0v) is 10.7. The monoisotopic (exact) mass is 256 g/mol. The Morgan fingerprint density at radius 2 is 2.06 bits per heavy atom. The first-order valence-electron chi connectivity index (χ1n) is 6.01. The summed E-state index contributed by atoms with van der Waals surface area (Å²) in [7, 11) is 0. The van der Waals surface area contributed by atoms with Crippen molar-refractivity contribution < 1.29 is 4.39 Å². The summed E-state index contributed by atoms with van der Waals surface area (Å²) in [6.07, 6.45) is 2.04. The van der Waals surface area contributed by atoms with E-state index in [0.29, 0.717) is 16.5 Å². The number of hydrogen-bond acceptors (Lipinski definition) is 2. The number of aryl methyl sites for hydroxylation is 1. The van der Waals surface area contributed by atoms with Crippen molar-refractivity contribution in [1.82, 2.24) is 5.32 Å². The highest BCUT2D eigenvalue weighted by molar-refractivity contribution is 6.31. The van der Waals surface area contributed by atoms with E-state index >= 15 is 0 Å². The molecule has 0 amide bonds. The zero-order chi connectivity index (χ0) is 12.4. The third kappa shape index (κ3) is 2.79. The van der Waals surface area contributed by atoms with Gasteiger partial charge in [-0.25, -0.2) is 4.39 Å². The Kier molecular flexibility index (Phi) is 4.02. The maximum absolute atomic E-state index is 13.6. The van der Waals surface area contributed by atoms with Gasteiger partial charge in [-0.05, 0) is 62.0 Å². The van der Waals surface area contributed by atoms with Crippen molar-refractivity contribution >= 4 is 11.6 Å². The number of nitrogens with one attached hydrogen (secondary N) is 1. The molecule has 1 fully saturated rings. The van der Waals surface area contributed by atoms with Gasteiger partial charge >= 0.3 is 0 Å². The smallest absolute Gasteiger partial charge is 0.126 e. The van der Waals surface area contributed by atoms with Gasteiger partial charge in [-0.15, -0.1) is 0 Å². The van der Waals surface area contributed by atoms with Crippen LogP contribution in [0.5, 0.6) is 0 Å². The van der Waals surface area contributed by atoms with Crippen LogP contribution in [0.4, 0.5) is 4.39 Å². The third-order valence-electron chi connectivity index (χ3n) is 3.53. The van der Waals surface area contributed by atoms with Crippen LogP contribution in [0.2, 0.25) is 5.02 Å². The summed E-state index contributed by atoms with van der Waals surface area (Å²) >= 11 is 6.15. The minimum atomic E-state index is -0.228. The maximum atomic E-state index is 13.6. The number of halogens is 2. The van der Waals surface area contributed by atoms with Gasteiger partial charge in [0.05, 0.1) is 0 Å². The van der Waals surface area contributed by atoms with E-state index < -0.39 is 0 Å². The highest BCUT2D eigenvalue weighted by Gasteiger charge is 2.24. The summed E-state index contributed by atoms with van der Waals surface area (Å²) < 4.78 is 13.6. The molecule has 94 valence electrons. The van der Waals surface area contributed by atoms with E-state index in [9.17, 15) is 4.39 Å². The SMILES string of the molecule is Cc1cc(Cl)c(C(N)C2CCNCC2)cc1F. The number of rotatable bonds is 2. The summed E-state index contributed by atoms with van der Waals surface area (Å²) in [5, 5.41) is 3.87. The molecule has 1 aromatic rings. The fourth-order valence-corrected chi connectivity index (χ4v) is 2.72. The van der Waals surface area contributed by atoms with Gasteiger partial charge in [0.15, 0.2) is 0 Å². The van der Waals surface area contributed by atoms with E-state index in [-0.39, 0.29) is 11.9 Å². The highest BCUT2D eigenvalue weighted by Crippen LogP contribution is 2.32. The Morgan fingerprint density at radius 3 is 2.71 bits per heavy atom. The summed E-state index contributed by atoms with van der Waals surface area (Å²) in [5.41, 5.74) is 7.51. The van der Waals surface area contributed by atoms with Gasteiger partial charge in [0, 0.05) is 11.1 Å². The third-order valence-corrected chi connectivity index (χ3v) is 3.86. The molecule has 0 radical (unpaired) electrons. The lowest BCUT2D eigenvalue weighted by Gasteiger charge is -2.29. The second kappa shape index (κ2) is 5.34. The molecule has 2 nitrogen and oxygen atoms in total. The molecule has 1 aromatic carbocycles. The molecule has 17 heavy (non-hydrogen) atoms. The number of nitrogens with two attached hydrogens (primary N) is 1. The molecule has 2 rings (SSSR count). The average molecular weight is 257 g/mol. The van der Waals surface area contributed by atoms with Gasteiger partial charge in [0.2, 0.25) is 0 Å². The number of hydrogen-bond donors (Lipinski definition) is 2. The van der Waals surface area contributed by atoms with Gasteiger partial charge in [-0.1, -0.05) is 11.6 Å². The highest BCUT2D eigenvalue weighted by atomic mass is 35.5. The van der Waals surface area contributed by atoms with Crippen molar-refractivity contribution in [2.24, 2.45) is 11.7 Å². The van der Waals surface area contributed by atoms with E-state index in [1.165, 1.54) is 6.07 Å². The van der Waals surface area contributed by atoms with E-state index in [4.69, 9.17) is 17.3 Å². The Labute approximate surface area is 106 Å². The molecular weight excluding hydrogens is 239 g/mol. The molecule has 1 atom stereocenters. The van der Waals surface area contributed by atoms with Crippen LogP contribution in [-0.4, -0.2) is 13.1 Å². The van der Waals surface area contributed by atoms with Gasteiger partial charge in [-0.3, -0.25) is 0 Å². The van der Waals surface area contributed by atoms with Crippen LogP contribution >= 0.6 is 11.6 Å². The number of piperidine rings is 1. The van der Waals surface area contributed by atoms with Crippen molar-refractivity contribution in [3.63, 3.8) is 0 Å². The van der Waals surface area contributed by atoms with Crippen LogP contribution in [0.15, 0.2) is 12.1 Å². The van der Waals surface area contributed by atoms with Crippen LogP contribution in [0.3, 0.4) is 0 Å². The van der Waals surface area contributed by atoms with Crippen LogP contribution in [0.1, 0.15) is 30.0 Å². The fourth-order valence-electron chi connectivity index (χ4n) is 2.37. The van der Waals surface area contributed by atoms with Crippen molar-refractivity contribution in [1.29, 1.82) is 0 Å². The van der Waals surface area contributed by atoms with E-state index in [1.807, 2.05) is 0 Å². The minimum Gasteiger partial charge on any atom is -0.324 e. The van der Waals surface area contributed by atoms with Gasteiger partial charge < -0.3 is 11.1 Å². The molecule has 0 bridgehead atoms. The second-order valence-corrected chi connectivity index (χ2v) is 5.14. The molecule has 0 saturated carbocycles. The van der Waals surface area contributed by atoms with E-state index in [2.05, 4.69) is 5.32 Å². The normalized spacial score (nSPS) is 19.3. The van der Waals surface area contributed by atoms with E-state index in [1.54, 1.807) is 13.0 Å². The quantitative estimate of drug-likeness (QED) is 0.854. The molecule has 0 spiro atoms. The Balaban J connectivity index is 2.23. The molecule has 1 unspecified atom stereocenters. The second-order valence-electron chi connectivity index (χ2n) is 4.74. The van der Waals surface area contributed by atoms with Crippen molar-refractivity contribution in [2.45, 2.75) is 25.8 Å². The number of benzene rings is 1. The maximum Gasteiger partial charge on any atom is 0.126 e. The summed E-state index contributed by atoms with van der Waals surface area (Å²) in [6, 6.07) is 2.98. The lowest BCUT2D eigenvalue weighted by Crippen LogP contribution is -2.34. The van der Waals surface area contributed by atoms with E-state index in [0.717, 1.165) is 31.5 Å². The standard InChI is InChI=1S/C13H18ClFN2/c1-8-6-11(14)10(7-12(8)15)13(16)9-2-4-17-5-3-9/h6-7,9,13,17H,2-5,16H2,1H3. The molecule has 1 aliphatic heterocycles. The van der Waals surface area contributed by atoms with Gasteiger partial charge in [-0.2, -0.15) is 0 Å². The Bertz CT molecular complexity index is 403. The molecular formula is C13H18ClFN2. The van der Waals surface area contributed by atoms with Crippen molar-refractivity contribution in [3.8, 4) is 0 Å². The molecule has 0 aromatic heterocycles. The van der Waals surface area contributed by atoms with Crippen LogP contribution in [-0.2, 0) is 0 Å². The largest absolute Gasteiger partial charge is 0.324 e. The van der Waals surface area contributed by atoms with Gasteiger partial charge in [0.1, 0.15) is 5.82 Å². The predicted molar refractivity (Wildman–Crippen MR) is 68.7 cm³/mol.